The first kappa shape index (κ1) is 13.8. The molecule has 0 amide bonds. The Bertz CT molecular complexity index is 474. The molecule has 5 unspecified atom stereocenters. The number of fused-ring (bicyclic) bond motifs is 5. The largest absolute Gasteiger partial charge is 0.395 e. The summed E-state index contributed by atoms with van der Waals surface area (Å²) in [6.45, 7) is 0.247. The second-order valence-electron chi connectivity index (χ2n) is 7.50. The van der Waals surface area contributed by atoms with Crippen molar-refractivity contribution < 1.29 is 5.11 Å². The Morgan fingerprint density at radius 2 is 1.86 bits per heavy atom. The van der Waals surface area contributed by atoms with Crippen molar-refractivity contribution in [3.63, 3.8) is 0 Å². The molecule has 2 nitrogen and oxygen atoms in total. The van der Waals surface area contributed by atoms with Gasteiger partial charge in [0.05, 0.1) is 6.61 Å². The van der Waals surface area contributed by atoms with Crippen LogP contribution >= 0.6 is 0 Å². The second-order valence-corrected chi connectivity index (χ2v) is 7.50. The molecule has 0 aromatic heterocycles. The van der Waals surface area contributed by atoms with Gasteiger partial charge in [-0.3, -0.25) is 0 Å². The van der Waals surface area contributed by atoms with Gasteiger partial charge in [0.25, 0.3) is 0 Å². The zero-order valence-corrected chi connectivity index (χ0v) is 12.7. The highest BCUT2D eigenvalue weighted by Gasteiger charge is 2.53. The lowest BCUT2D eigenvalue weighted by molar-refractivity contribution is 0.170. The molecular formula is C19H27NO. The molecule has 3 aliphatic carbocycles. The minimum Gasteiger partial charge on any atom is -0.395 e. The van der Waals surface area contributed by atoms with E-state index in [1.54, 1.807) is 0 Å². The van der Waals surface area contributed by atoms with Gasteiger partial charge in [-0.2, -0.15) is 0 Å². The van der Waals surface area contributed by atoms with E-state index in [9.17, 15) is 5.11 Å². The number of hydrogen-bond acceptors (Lipinski definition) is 2. The van der Waals surface area contributed by atoms with Crippen LogP contribution in [0.1, 0.15) is 37.7 Å². The molecule has 114 valence electrons. The zero-order valence-electron chi connectivity index (χ0n) is 12.7. The number of aliphatic hydroxyl groups excluding tert-OH is 1. The van der Waals surface area contributed by atoms with E-state index in [4.69, 9.17) is 0 Å². The molecular weight excluding hydrogens is 258 g/mol. The van der Waals surface area contributed by atoms with E-state index >= 15 is 0 Å². The van der Waals surface area contributed by atoms with Crippen molar-refractivity contribution in [3.05, 3.63) is 35.9 Å². The molecule has 0 aliphatic heterocycles. The van der Waals surface area contributed by atoms with E-state index < -0.39 is 0 Å². The molecule has 0 spiro atoms. The summed E-state index contributed by atoms with van der Waals surface area (Å²) in [6.07, 6.45) is 8.17. The standard InChI is InChI=1S/C19H27NO/c21-12-15(9-13-5-2-1-3-6-13)20-19-11-14-10-18(19)17-8-4-7-16(14)17/h1-3,5-6,14-21H,4,7-12H2/t14?,15-,16?,17?,18?,19?/m1/s1. The lowest BCUT2D eigenvalue weighted by Crippen LogP contribution is -2.47. The maximum atomic E-state index is 9.74. The highest BCUT2D eigenvalue weighted by atomic mass is 16.3. The highest BCUT2D eigenvalue weighted by molar-refractivity contribution is 5.16. The number of benzene rings is 1. The number of hydrogen-bond donors (Lipinski definition) is 2. The molecule has 1 aromatic carbocycles. The first-order valence-corrected chi connectivity index (χ1v) is 8.76. The molecule has 2 heteroatoms. The Labute approximate surface area is 128 Å². The Balaban J connectivity index is 1.39. The summed E-state index contributed by atoms with van der Waals surface area (Å²) in [5, 5.41) is 13.6. The van der Waals surface area contributed by atoms with Gasteiger partial charge in [-0.25, -0.2) is 0 Å². The van der Waals surface area contributed by atoms with Gasteiger partial charge in [-0.1, -0.05) is 36.8 Å². The van der Waals surface area contributed by atoms with Crippen molar-refractivity contribution in [1.29, 1.82) is 0 Å². The monoisotopic (exact) mass is 285 g/mol. The summed E-state index contributed by atoms with van der Waals surface area (Å²) in [5.41, 5.74) is 1.32. The molecule has 3 aliphatic rings. The van der Waals surface area contributed by atoms with Gasteiger partial charge in [-0.15, -0.1) is 0 Å². The van der Waals surface area contributed by atoms with Crippen molar-refractivity contribution in [2.45, 2.75) is 50.6 Å². The topological polar surface area (TPSA) is 32.3 Å². The first-order chi connectivity index (χ1) is 10.3. The lowest BCUT2D eigenvalue weighted by Gasteiger charge is -2.34. The van der Waals surface area contributed by atoms with Crippen molar-refractivity contribution >= 4 is 0 Å². The van der Waals surface area contributed by atoms with Crippen molar-refractivity contribution in [2.75, 3.05) is 6.61 Å². The quantitative estimate of drug-likeness (QED) is 0.871. The first-order valence-electron chi connectivity index (χ1n) is 8.76. The lowest BCUT2D eigenvalue weighted by atomic mass is 9.79. The van der Waals surface area contributed by atoms with Gasteiger partial charge >= 0.3 is 0 Å². The third kappa shape index (κ3) is 2.53. The van der Waals surface area contributed by atoms with Crippen molar-refractivity contribution in [1.82, 2.24) is 5.32 Å². The Morgan fingerprint density at radius 1 is 1.05 bits per heavy atom. The fourth-order valence-corrected chi connectivity index (χ4v) is 5.64. The summed E-state index contributed by atoms with van der Waals surface area (Å²) in [6, 6.07) is 11.4. The summed E-state index contributed by atoms with van der Waals surface area (Å²) >= 11 is 0. The molecule has 6 atom stereocenters. The van der Waals surface area contributed by atoms with E-state index in [0.717, 1.165) is 30.1 Å². The number of aliphatic hydroxyl groups is 1. The SMILES string of the molecule is OC[C@@H](Cc1ccccc1)NC1CC2CC1C1CCCC21. The fourth-order valence-electron chi connectivity index (χ4n) is 5.64. The van der Waals surface area contributed by atoms with Crippen LogP contribution in [-0.2, 0) is 6.42 Å². The molecule has 2 bridgehead atoms. The molecule has 0 saturated heterocycles. The predicted molar refractivity (Wildman–Crippen MR) is 85.0 cm³/mol. The van der Waals surface area contributed by atoms with Crippen LogP contribution in [0.3, 0.4) is 0 Å². The number of nitrogens with one attached hydrogen (secondary N) is 1. The Morgan fingerprint density at radius 3 is 2.67 bits per heavy atom. The summed E-state index contributed by atoms with van der Waals surface area (Å²) in [5.74, 6) is 3.93. The molecule has 3 saturated carbocycles. The van der Waals surface area contributed by atoms with E-state index in [1.807, 2.05) is 0 Å². The van der Waals surface area contributed by atoms with Crippen LogP contribution in [0.2, 0.25) is 0 Å². The summed E-state index contributed by atoms with van der Waals surface area (Å²) in [4.78, 5) is 0. The zero-order chi connectivity index (χ0) is 14.2. The van der Waals surface area contributed by atoms with Gasteiger partial charge in [0.15, 0.2) is 0 Å². The van der Waals surface area contributed by atoms with Crippen LogP contribution < -0.4 is 5.32 Å². The van der Waals surface area contributed by atoms with Crippen LogP contribution in [-0.4, -0.2) is 23.8 Å². The van der Waals surface area contributed by atoms with Crippen LogP contribution in [0.5, 0.6) is 0 Å². The molecule has 2 N–H and O–H groups in total. The average molecular weight is 285 g/mol. The minimum atomic E-state index is 0.219. The van der Waals surface area contributed by atoms with E-state index in [1.165, 1.54) is 37.7 Å². The molecule has 1 aromatic rings. The summed E-state index contributed by atoms with van der Waals surface area (Å²) < 4.78 is 0. The van der Waals surface area contributed by atoms with E-state index in [2.05, 4.69) is 35.6 Å². The Hall–Kier alpha value is -0.860. The van der Waals surface area contributed by atoms with Gasteiger partial charge in [0.1, 0.15) is 0 Å². The van der Waals surface area contributed by atoms with Gasteiger partial charge < -0.3 is 10.4 Å². The third-order valence-electron chi connectivity index (χ3n) is 6.42. The fraction of sp³-hybridized carbons (Fsp3) is 0.684. The molecule has 4 rings (SSSR count). The van der Waals surface area contributed by atoms with Crippen LogP contribution in [0.25, 0.3) is 0 Å². The van der Waals surface area contributed by atoms with Crippen LogP contribution in [0, 0.1) is 23.7 Å². The molecule has 0 heterocycles. The van der Waals surface area contributed by atoms with Crippen molar-refractivity contribution in [2.24, 2.45) is 23.7 Å². The minimum absolute atomic E-state index is 0.219. The smallest absolute Gasteiger partial charge is 0.0587 e. The maximum Gasteiger partial charge on any atom is 0.0587 e. The molecule has 3 fully saturated rings. The Kier molecular flexibility index (Phi) is 3.76. The number of rotatable bonds is 5. The van der Waals surface area contributed by atoms with E-state index in [-0.39, 0.29) is 12.6 Å². The third-order valence-corrected chi connectivity index (χ3v) is 6.42. The van der Waals surface area contributed by atoms with Gasteiger partial charge in [0, 0.05) is 12.1 Å². The summed E-state index contributed by atoms with van der Waals surface area (Å²) in [7, 11) is 0. The van der Waals surface area contributed by atoms with Gasteiger partial charge in [0.2, 0.25) is 0 Å². The normalized spacial score (nSPS) is 38.6. The van der Waals surface area contributed by atoms with Crippen molar-refractivity contribution in [3.8, 4) is 0 Å². The van der Waals surface area contributed by atoms with E-state index in [0.29, 0.717) is 6.04 Å². The molecule has 0 radical (unpaired) electrons. The van der Waals surface area contributed by atoms with Gasteiger partial charge in [-0.05, 0) is 61.3 Å². The average Bonchev–Trinajstić information content (AvgIpc) is 3.20. The second kappa shape index (κ2) is 5.73. The van der Waals surface area contributed by atoms with Crippen LogP contribution in [0.4, 0.5) is 0 Å². The highest BCUT2D eigenvalue weighted by Crippen LogP contribution is 2.58. The maximum absolute atomic E-state index is 9.74. The predicted octanol–water partition coefficient (Wildman–Crippen LogP) is 3.00. The molecule has 21 heavy (non-hydrogen) atoms. The van der Waals surface area contributed by atoms with Crippen LogP contribution in [0.15, 0.2) is 30.3 Å².